The third-order valence-corrected chi connectivity index (χ3v) is 7.92. The summed E-state index contributed by atoms with van der Waals surface area (Å²) in [4.78, 5) is 12.9. The summed E-state index contributed by atoms with van der Waals surface area (Å²) >= 11 is 0. The predicted molar refractivity (Wildman–Crippen MR) is 113 cm³/mol. The number of carbonyl (C=O) groups is 1. The van der Waals surface area contributed by atoms with Crippen LogP contribution in [0.5, 0.6) is 11.5 Å². The van der Waals surface area contributed by atoms with Crippen molar-refractivity contribution in [3.63, 3.8) is 0 Å². The second kappa shape index (κ2) is 8.78. The highest BCUT2D eigenvalue weighted by molar-refractivity contribution is 7.89. The molecule has 0 spiro atoms. The molecule has 0 unspecified atom stereocenters. The van der Waals surface area contributed by atoms with Crippen LogP contribution in [0.15, 0.2) is 47.4 Å². The van der Waals surface area contributed by atoms with Crippen LogP contribution in [0.3, 0.4) is 0 Å². The third-order valence-electron chi connectivity index (χ3n) is 6.02. The van der Waals surface area contributed by atoms with E-state index in [1.54, 1.807) is 37.4 Å². The molecule has 2 aromatic rings. The molecule has 0 atom stereocenters. The fourth-order valence-corrected chi connectivity index (χ4v) is 5.72. The van der Waals surface area contributed by atoms with Crippen molar-refractivity contribution >= 4 is 16.0 Å². The summed E-state index contributed by atoms with van der Waals surface area (Å²) in [6, 6.07) is 12.4. The lowest BCUT2D eigenvalue weighted by Gasteiger charge is -2.30. The molecule has 0 amide bonds. The van der Waals surface area contributed by atoms with Gasteiger partial charge in [0.25, 0.3) is 0 Å². The number of aryl methyl sites for hydroxylation is 2. The van der Waals surface area contributed by atoms with Crippen molar-refractivity contribution in [2.75, 3.05) is 20.2 Å². The minimum atomic E-state index is -3.54. The Bertz CT molecular complexity index is 1010. The first-order valence-corrected chi connectivity index (χ1v) is 11.9. The average Bonchev–Trinajstić information content (AvgIpc) is 2.79. The molecular formula is C23H27NO5S. The SMILES string of the molecule is COc1ccc(OC(=O)C2CCN(S(=O)(=O)c3ccc4c(c3)CCCC4)CC2)cc1. The molecule has 4 rings (SSSR count). The van der Waals surface area contributed by atoms with E-state index in [1.165, 1.54) is 16.3 Å². The number of hydrogen-bond donors (Lipinski definition) is 0. The van der Waals surface area contributed by atoms with Gasteiger partial charge in [-0.15, -0.1) is 0 Å². The van der Waals surface area contributed by atoms with Crippen LogP contribution in [-0.4, -0.2) is 38.9 Å². The van der Waals surface area contributed by atoms with Crippen molar-refractivity contribution in [2.45, 2.75) is 43.4 Å². The van der Waals surface area contributed by atoms with Crippen molar-refractivity contribution in [3.8, 4) is 11.5 Å². The lowest BCUT2D eigenvalue weighted by Crippen LogP contribution is -2.41. The van der Waals surface area contributed by atoms with Crippen LogP contribution in [0.4, 0.5) is 0 Å². The normalized spacial score (nSPS) is 17.9. The largest absolute Gasteiger partial charge is 0.497 e. The molecule has 160 valence electrons. The monoisotopic (exact) mass is 429 g/mol. The van der Waals surface area contributed by atoms with E-state index in [0.29, 0.717) is 42.3 Å². The maximum absolute atomic E-state index is 13.1. The highest BCUT2D eigenvalue weighted by Crippen LogP contribution is 2.29. The number of methoxy groups -OCH3 is 1. The van der Waals surface area contributed by atoms with Crippen LogP contribution >= 0.6 is 0 Å². The molecule has 30 heavy (non-hydrogen) atoms. The molecule has 0 bridgehead atoms. The van der Waals surface area contributed by atoms with Gasteiger partial charge in [-0.25, -0.2) is 8.42 Å². The topological polar surface area (TPSA) is 72.9 Å². The number of ether oxygens (including phenoxy) is 2. The van der Waals surface area contributed by atoms with E-state index in [1.807, 2.05) is 12.1 Å². The Morgan fingerprint density at radius 1 is 0.933 bits per heavy atom. The van der Waals surface area contributed by atoms with Gasteiger partial charge in [0.15, 0.2) is 0 Å². The number of rotatable bonds is 5. The van der Waals surface area contributed by atoms with Crippen LogP contribution in [0.25, 0.3) is 0 Å². The number of piperidine rings is 1. The molecule has 1 aliphatic carbocycles. The first kappa shape index (κ1) is 20.9. The lowest BCUT2D eigenvalue weighted by atomic mass is 9.92. The minimum Gasteiger partial charge on any atom is -0.497 e. The molecule has 2 aliphatic rings. The van der Waals surface area contributed by atoms with Gasteiger partial charge in [-0.3, -0.25) is 4.79 Å². The third kappa shape index (κ3) is 4.37. The van der Waals surface area contributed by atoms with Crippen molar-refractivity contribution in [1.82, 2.24) is 4.31 Å². The molecule has 6 nitrogen and oxygen atoms in total. The molecule has 7 heteroatoms. The van der Waals surface area contributed by atoms with Crippen LogP contribution < -0.4 is 9.47 Å². The first-order valence-electron chi connectivity index (χ1n) is 10.4. The fourth-order valence-electron chi connectivity index (χ4n) is 4.19. The second-order valence-electron chi connectivity index (χ2n) is 7.91. The zero-order valence-electron chi connectivity index (χ0n) is 17.2. The van der Waals surface area contributed by atoms with E-state index in [-0.39, 0.29) is 11.9 Å². The minimum absolute atomic E-state index is 0.304. The number of sulfonamides is 1. The molecule has 1 aliphatic heterocycles. The maximum atomic E-state index is 13.1. The summed E-state index contributed by atoms with van der Waals surface area (Å²) in [6.45, 7) is 0.642. The van der Waals surface area contributed by atoms with E-state index in [9.17, 15) is 13.2 Å². The summed E-state index contributed by atoms with van der Waals surface area (Å²) in [5, 5.41) is 0. The number of esters is 1. The van der Waals surface area contributed by atoms with E-state index in [4.69, 9.17) is 9.47 Å². The van der Waals surface area contributed by atoms with Gasteiger partial charge in [-0.2, -0.15) is 4.31 Å². The van der Waals surface area contributed by atoms with Gasteiger partial charge >= 0.3 is 5.97 Å². The fraction of sp³-hybridized carbons (Fsp3) is 0.435. The van der Waals surface area contributed by atoms with Crippen LogP contribution in [0.1, 0.15) is 36.8 Å². The number of carbonyl (C=O) groups excluding carboxylic acids is 1. The molecular weight excluding hydrogens is 402 g/mol. The van der Waals surface area contributed by atoms with Crippen molar-refractivity contribution in [2.24, 2.45) is 5.92 Å². The van der Waals surface area contributed by atoms with E-state index in [2.05, 4.69) is 0 Å². The highest BCUT2D eigenvalue weighted by Gasteiger charge is 2.33. The summed E-state index contributed by atoms with van der Waals surface area (Å²) in [5.74, 6) is 0.536. The van der Waals surface area contributed by atoms with Gasteiger partial charge in [0.2, 0.25) is 10.0 Å². The van der Waals surface area contributed by atoms with Crippen LogP contribution in [-0.2, 0) is 27.7 Å². The quantitative estimate of drug-likeness (QED) is 0.537. The zero-order chi connectivity index (χ0) is 21.1. The Hall–Kier alpha value is -2.38. The van der Waals surface area contributed by atoms with Gasteiger partial charge in [0, 0.05) is 13.1 Å². The summed E-state index contributed by atoms with van der Waals surface area (Å²) < 4.78 is 38.2. The van der Waals surface area contributed by atoms with Crippen molar-refractivity contribution in [1.29, 1.82) is 0 Å². The number of nitrogens with zero attached hydrogens (tertiary/aromatic N) is 1. The Kier molecular flexibility index (Phi) is 6.11. The molecule has 0 N–H and O–H groups in total. The Labute approximate surface area is 177 Å². The highest BCUT2D eigenvalue weighted by atomic mass is 32.2. The predicted octanol–water partition coefficient (Wildman–Crippen LogP) is 3.58. The van der Waals surface area contributed by atoms with Gasteiger partial charge in [0.05, 0.1) is 17.9 Å². The molecule has 1 fully saturated rings. The van der Waals surface area contributed by atoms with Gasteiger partial charge in [-0.05, 0) is 86.1 Å². The number of hydrogen-bond acceptors (Lipinski definition) is 5. The van der Waals surface area contributed by atoms with E-state index in [0.717, 1.165) is 24.8 Å². The van der Waals surface area contributed by atoms with Crippen LogP contribution in [0, 0.1) is 5.92 Å². The molecule has 0 radical (unpaired) electrons. The molecule has 0 saturated carbocycles. The summed E-state index contributed by atoms with van der Waals surface area (Å²) in [5.41, 5.74) is 2.42. The smallest absolute Gasteiger partial charge is 0.314 e. The summed E-state index contributed by atoms with van der Waals surface area (Å²) in [6.07, 6.45) is 5.16. The van der Waals surface area contributed by atoms with Crippen LogP contribution in [0.2, 0.25) is 0 Å². The lowest BCUT2D eigenvalue weighted by molar-refractivity contribution is -0.140. The Balaban J connectivity index is 1.38. The average molecular weight is 430 g/mol. The van der Waals surface area contributed by atoms with Gasteiger partial charge < -0.3 is 9.47 Å². The van der Waals surface area contributed by atoms with E-state index < -0.39 is 10.0 Å². The summed E-state index contributed by atoms with van der Waals surface area (Å²) in [7, 11) is -1.97. The maximum Gasteiger partial charge on any atom is 0.314 e. The number of fused-ring (bicyclic) bond motifs is 1. The van der Waals surface area contributed by atoms with Crippen molar-refractivity contribution < 1.29 is 22.7 Å². The first-order chi connectivity index (χ1) is 14.5. The standard InChI is InChI=1S/C23H27NO5S/c1-28-20-7-9-21(10-8-20)29-23(25)18-12-14-24(15-13-18)30(26,27)22-11-6-17-4-2-3-5-19(17)16-22/h6-11,16,18H,2-5,12-15H2,1H3. The van der Waals surface area contributed by atoms with Gasteiger partial charge in [-0.1, -0.05) is 6.07 Å². The molecule has 1 heterocycles. The Morgan fingerprint density at radius 3 is 2.23 bits per heavy atom. The number of benzene rings is 2. The molecule has 0 aromatic heterocycles. The second-order valence-corrected chi connectivity index (χ2v) is 9.85. The molecule has 1 saturated heterocycles. The zero-order valence-corrected chi connectivity index (χ0v) is 18.0. The Morgan fingerprint density at radius 2 is 1.57 bits per heavy atom. The van der Waals surface area contributed by atoms with E-state index >= 15 is 0 Å². The van der Waals surface area contributed by atoms with Crippen molar-refractivity contribution in [3.05, 3.63) is 53.6 Å². The molecule has 2 aromatic carbocycles. The van der Waals surface area contributed by atoms with Gasteiger partial charge in [0.1, 0.15) is 11.5 Å².